The van der Waals surface area contributed by atoms with E-state index in [1.165, 1.54) is 92.1 Å². The average Bonchev–Trinajstić information content (AvgIpc) is 3.56. The zero-order valence-electron chi connectivity index (χ0n) is 27.6. The molecular weight excluding hydrogens is 617 g/mol. The van der Waals surface area contributed by atoms with Crippen LogP contribution in [-0.2, 0) is 0 Å². The Labute approximate surface area is 292 Å². The SMILES string of the molecule is c1ccc2cc3c(cc2c1)oc1c(-c2ccc4ccc5cccc6ccc2c4c56)ccc(-c2ccc4c(ccc5ccc6ccccc6c54)c2)c13. The molecule has 12 aromatic rings. The van der Waals surface area contributed by atoms with Crippen LogP contribution in [0.15, 0.2) is 174 Å². The zero-order valence-corrected chi connectivity index (χ0v) is 27.6. The molecule has 1 nitrogen and oxygen atoms in total. The molecule has 0 unspecified atom stereocenters. The molecule has 11 aromatic carbocycles. The molecule has 51 heavy (non-hydrogen) atoms. The molecular formula is C50H28O. The maximum Gasteiger partial charge on any atom is 0.143 e. The van der Waals surface area contributed by atoms with Gasteiger partial charge in [0.1, 0.15) is 11.2 Å². The molecule has 0 fully saturated rings. The van der Waals surface area contributed by atoms with Crippen LogP contribution < -0.4 is 0 Å². The van der Waals surface area contributed by atoms with Gasteiger partial charge in [0.2, 0.25) is 0 Å². The van der Waals surface area contributed by atoms with Gasteiger partial charge >= 0.3 is 0 Å². The first-order valence-electron chi connectivity index (χ1n) is 17.7. The number of hydrogen-bond acceptors (Lipinski definition) is 1. The summed E-state index contributed by atoms with van der Waals surface area (Å²) in [6, 6.07) is 62.6. The number of hydrogen-bond donors (Lipinski definition) is 0. The van der Waals surface area contributed by atoms with Crippen molar-refractivity contribution in [2.24, 2.45) is 0 Å². The van der Waals surface area contributed by atoms with Crippen LogP contribution in [0.1, 0.15) is 0 Å². The van der Waals surface area contributed by atoms with Crippen molar-refractivity contribution in [3.05, 3.63) is 170 Å². The van der Waals surface area contributed by atoms with Gasteiger partial charge in [-0.15, -0.1) is 0 Å². The Morgan fingerprint density at radius 1 is 0.275 bits per heavy atom. The molecule has 234 valence electrons. The molecule has 0 spiro atoms. The minimum absolute atomic E-state index is 0.911. The third-order valence-electron chi connectivity index (χ3n) is 11.3. The topological polar surface area (TPSA) is 13.1 Å². The standard InChI is InChI=1S/C50H28O/c1-2-8-35-28-45-44(27-34(35)7-1)49-40(37-20-21-39-36(26-37)17-16-32-13-12-29-6-3-4-11-38(29)47(32)39)24-25-43(50(49)51-45)41-22-18-33-15-14-30-9-5-10-31-19-23-42(41)48(33)46(30)31/h1-28H. The van der Waals surface area contributed by atoms with Crippen molar-refractivity contribution < 1.29 is 4.42 Å². The van der Waals surface area contributed by atoms with E-state index in [0.717, 1.165) is 27.5 Å². The van der Waals surface area contributed by atoms with Gasteiger partial charge in [-0.1, -0.05) is 146 Å². The van der Waals surface area contributed by atoms with E-state index in [0.29, 0.717) is 0 Å². The van der Waals surface area contributed by atoms with Gasteiger partial charge < -0.3 is 4.42 Å². The molecule has 0 N–H and O–H groups in total. The summed E-state index contributed by atoms with van der Waals surface area (Å²) in [6.07, 6.45) is 0. The highest BCUT2D eigenvalue weighted by atomic mass is 16.3. The van der Waals surface area contributed by atoms with E-state index in [9.17, 15) is 0 Å². The number of rotatable bonds is 2. The van der Waals surface area contributed by atoms with E-state index in [-0.39, 0.29) is 0 Å². The average molecular weight is 645 g/mol. The summed E-state index contributed by atoms with van der Waals surface area (Å²) in [5.74, 6) is 0. The first-order valence-corrected chi connectivity index (χ1v) is 17.7. The molecule has 0 radical (unpaired) electrons. The number of benzene rings is 11. The lowest BCUT2D eigenvalue weighted by Crippen LogP contribution is -1.89. The molecule has 0 saturated heterocycles. The molecule has 0 aliphatic rings. The van der Waals surface area contributed by atoms with Crippen molar-refractivity contribution in [2.45, 2.75) is 0 Å². The highest BCUT2D eigenvalue weighted by Crippen LogP contribution is 2.46. The second kappa shape index (κ2) is 9.94. The molecule has 1 heteroatoms. The van der Waals surface area contributed by atoms with E-state index in [2.05, 4.69) is 170 Å². The van der Waals surface area contributed by atoms with E-state index < -0.39 is 0 Å². The van der Waals surface area contributed by atoms with Gasteiger partial charge in [0, 0.05) is 16.3 Å². The monoisotopic (exact) mass is 644 g/mol. The summed E-state index contributed by atoms with van der Waals surface area (Å²) in [4.78, 5) is 0. The largest absolute Gasteiger partial charge is 0.455 e. The molecule has 0 amide bonds. The minimum Gasteiger partial charge on any atom is -0.455 e. The lowest BCUT2D eigenvalue weighted by molar-refractivity contribution is 0.670. The van der Waals surface area contributed by atoms with E-state index >= 15 is 0 Å². The van der Waals surface area contributed by atoms with Crippen LogP contribution in [0.4, 0.5) is 0 Å². The highest BCUT2D eigenvalue weighted by molar-refractivity contribution is 6.27. The third-order valence-corrected chi connectivity index (χ3v) is 11.3. The maximum atomic E-state index is 6.99. The summed E-state index contributed by atoms with van der Waals surface area (Å²) < 4.78 is 6.99. The normalized spacial score (nSPS) is 12.3. The summed E-state index contributed by atoms with van der Waals surface area (Å²) in [6.45, 7) is 0. The lowest BCUT2D eigenvalue weighted by atomic mass is 9.88. The van der Waals surface area contributed by atoms with Crippen molar-refractivity contribution in [3.63, 3.8) is 0 Å². The maximum absolute atomic E-state index is 6.99. The van der Waals surface area contributed by atoms with E-state index in [1.54, 1.807) is 0 Å². The second-order valence-corrected chi connectivity index (χ2v) is 14.0. The molecule has 0 saturated carbocycles. The fourth-order valence-electron chi connectivity index (χ4n) is 8.99. The van der Waals surface area contributed by atoms with Gasteiger partial charge in [-0.2, -0.15) is 0 Å². The van der Waals surface area contributed by atoms with Crippen molar-refractivity contribution in [1.29, 1.82) is 0 Å². The Morgan fingerprint density at radius 2 is 0.843 bits per heavy atom. The van der Waals surface area contributed by atoms with Crippen LogP contribution in [0, 0.1) is 0 Å². The van der Waals surface area contributed by atoms with E-state index in [4.69, 9.17) is 4.42 Å². The van der Waals surface area contributed by atoms with E-state index in [1.807, 2.05) is 0 Å². The van der Waals surface area contributed by atoms with Crippen molar-refractivity contribution in [1.82, 2.24) is 0 Å². The minimum atomic E-state index is 0.911. The number of fused-ring (bicyclic) bond motifs is 9. The molecule has 1 aromatic heterocycles. The van der Waals surface area contributed by atoms with Crippen LogP contribution in [0.3, 0.4) is 0 Å². The van der Waals surface area contributed by atoms with Crippen LogP contribution in [-0.4, -0.2) is 0 Å². The van der Waals surface area contributed by atoms with Crippen LogP contribution in [0.25, 0.3) is 120 Å². The van der Waals surface area contributed by atoms with Gasteiger partial charge in [-0.05, 0) is 116 Å². The van der Waals surface area contributed by atoms with Crippen molar-refractivity contribution in [3.8, 4) is 22.3 Å². The summed E-state index contributed by atoms with van der Waals surface area (Å²) in [5, 5.41) is 20.0. The zero-order chi connectivity index (χ0) is 33.2. The Morgan fingerprint density at radius 3 is 1.69 bits per heavy atom. The molecule has 0 atom stereocenters. The fraction of sp³-hybridized carbons (Fsp3) is 0. The quantitative estimate of drug-likeness (QED) is 0.171. The first kappa shape index (κ1) is 27.2. The van der Waals surface area contributed by atoms with Gasteiger partial charge in [-0.3, -0.25) is 0 Å². The molecule has 12 rings (SSSR count). The van der Waals surface area contributed by atoms with Crippen LogP contribution in [0.2, 0.25) is 0 Å². The Kier molecular flexibility index (Phi) is 5.29. The molecule has 0 aliphatic carbocycles. The van der Waals surface area contributed by atoms with Crippen LogP contribution in [0.5, 0.6) is 0 Å². The highest BCUT2D eigenvalue weighted by Gasteiger charge is 2.21. The Bertz CT molecular complexity index is 3400. The molecule has 0 bridgehead atoms. The smallest absolute Gasteiger partial charge is 0.143 e. The first-order chi connectivity index (χ1) is 25.3. The van der Waals surface area contributed by atoms with Crippen molar-refractivity contribution in [2.75, 3.05) is 0 Å². The molecule has 0 aliphatic heterocycles. The third kappa shape index (κ3) is 3.75. The lowest BCUT2D eigenvalue weighted by Gasteiger charge is -2.15. The molecule has 1 heterocycles. The van der Waals surface area contributed by atoms with Crippen molar-refractivity contribution >= 4 is 97.3 Å². The van der Waals surface area contributed by atoms with Gasteiger partial charge in [0.25, 0.3) is 0 Å². The van der Waals surface area contributed by atoms with Gasteiger partial charge in [0.05, 0.1) is 0 Å². The predicted molar refractivity (Wildman–Crippen MR) is 218 cm³/mol. The van der Waals surface area contributed by atoms with Crippen LogP contribution >= 0.6 is 0 Å². The Hall–Kier alpha value is -6.70. The van der Waals surface area contributed by atoms with Gasteiger partial charge in [-0.25, -0.2) is 0 Å². The fourth-order valence-corrected chi connectivity index (χ4v) is 8.99. The number of furan rings is 1. The Balaban J connectivity index is 1.16. The second-order valence-electron chi connectivity index (χ2n) is 14.0. The summed E-state index contributed by atoms with van der Waals surface area (Å²) in [7, 11) is 0. The van der Waals surface area contributed by atoms with Gasteiger partial charge in [0.15, 0.2) is 0 Å². The predicted octanol–water partition coefficient (Wildman–Crippen LogP) is 14.4. The summed E-state index contributed by atoms with van der Waals surface area (Å²) >= 11 is 0. The summed E-state index contributed by atoms with van der Waals surface area (Å²) in [5.41, 5.74) is 6.51.